The maximum absolute atomic E-state index is 11.9. The van der Waals surface area contributed by atoms with E-state index < -0.39 is 0 Å². The molecule has 0 bridgehead atoms. The zero-order valence-electron chi connectivity index (χ0n) is 13.2. The Morgan fingerprint density at radius 2 is 1.95 bits per heavy atom. The topological polar surface area (TPSA) is 58.6 Å². The van der Waals surface area contributed by atoms with Crippen molar-refractivity contribution < 1.29 is 14.3 Å². The molecular weight excluding hydrogens is 288 g/mol. The molecule has 0 aromatic carbocycles. The van der Waals surface area contributed by atoms with E-state index in [1.807, 2.05) is 11.8 Å². The molecule has 2 amide bonds. The number of unbranched alkanes of at least 4 members (excludes halogenated alkanes) is 2. The molecule has 0 spiro atoms. The lowest BCUT2D eigenvalue weighted by Crippen LogP contribution is -2.42. The van der Waals surface area contributed by atoms with Crippen LogP contribution in [0.3, 0.4) is 0 Å². The van der Waals surface area contributed by atoms with E-state index in [4.69, 9.17) is 4.74 Å². The number of carbonyl (C=O) groups is 2. The highest BCUT2D eigenvalue weighted by molar-refractivity contribution is 8.00. The second kappa shape index (κ2) is 10.9. The van der Waals surface area contributed by atoms with Crippen LogP contribution in [0.5, 0.6) is 0 Å². The Morgan fingerprint density at radius 3 is 2.62 bits per heavy atom. The first kappa shape index (κ1) is 18.3. The van der Waals surface area contributed by atoms with Crippen molar-refractivity contribution in [2.75, 3.05) is 37.8 Å². The van der Waals surface area contributed by atoms with E-state index >= 15 is 0 Å². The van der Waals surface area contributed by atoms with E-state index in [1.54, 1.807) is 0 Å². The van der Waals surface area contributed by atoms with Gasteiger partial charge >= 0.3 is 0 Å². The molecule has 1 aliphatic heterocycles. The first-order chi connectivity index (χ1) is 10.1. The van der Waals surface area contributed by atoms with Crippen LogP contribution in [-0.4, -0.2) is 60.6 Å². The second-order valence-electron chi connectivity index (χ2n) is 5.45. The minimum Gasteiger partial charge on any atom is -0.378 e. The van der Waals surface area contributed by atoms with Crippen molar-refractivity contribution in [3.05, 3.63) is 0 Å². The molecule has 1 fully saturated rings. The first-order valence-electron chi connectivity index (χ1n) is 7.86. The Kier molecular flexibility index (Phi) is 9.50. The lowest BCUT2D eigenvalue weighted by atomic mass is 10.1. The standard InChI is InChI=1S/C15H28N2O3S/c1-3-4-5-6-13(2)16-14(18)11-21-12-15(19)17-7-9-20-10-8-17/h13H,3-12H2,1-2H3,(H,16,18). The number of nitrogens with zero attached hydrogens (tertiary/aromatic N) is 1. The van der Waals surface area contributed by atoms with E-state index in [1.165, 1.54) is 24.6 Å². The summed E-state index contributed by atoms with van der Waals surface area (Å²) >= 11 is 1.39. The molecule has 6 heteroatoms. The number of ether oxygens (including phenoxy) is 1. The zero-order chi connectivity index (χ0) is 15.5. The van der Waals surface area contributed by atoms with E-state index in [9.17, 15) is 9.59 Å². The largest absolute Gasteiger partial charge is 0.378 e. The third-order valence-corrected chi connectivity index (χ3v) is 4.39. The van der Waals surface area contributed by atoms with Gasteiger partial charge in [-0.05, 0) is 13.3 Å². The number of carbonyl (C=O) groups excluding carboxylic acids is 2. The molecule has 1 N–H and O–H groups in total. The molecule has 122 valence electrons. The average Bonchev–Trinajstić information content (AvgIpc) is 2.48. The van der Waals surface area contributed by atoms with E-state index in [0.717, 1.165) is 12.8 Å². The number of nitrogens with one attached hydrogen (secondary N) is 1. The van der Waals surface area contributed by atoms with Gasteiger partial charge in [-0.1, -0.05) is 26.2 Å². The summed E-state index contributed by atoms with van der Waals surface area (Å²) in [5, 5.41) is 2.99. The molecule has 1 atom stereocenters. The monoisotopic (exact) mass is 316 g/mol. The Bertz CT molecular complexity index is 320. The van der Waals surface area contributed by atoms with Crippen LogP contribution < -0.4 is 5.32 Å². The lowest BCUT2D eigenvalue weighted by Gasteiger charge is -2.26. The smallest absolute Gasteiger partial charge is 0.232 e. The van der Waals surface area contributed by atoms with Gasteiger partial charge in [0, 0.05) is 19.1 Å². The van der Waals surface area contributed by atoms with Crippen molar-refractivity contribution >= 4 is 23.6 Å². The minimum atomic E-state index is 0.0266. The summed E-state index contributed by atoms with van der Waals surface area (Å²) in [6, 6.07) is 0.222. The number of hydrogen-bond acceptors (Lipinski definition) is 4. The SMILES string of the molecule is CCCCCC(C)NC(=O)CSCC(=O)N1CCOCC1. The van der Waals surface area contributed by atoms with Crippen molar-refractivity contribution in [2.45, 2.75) is 45.6 Å². The molecule has 1 heterocycles. The third kappa shape index (κ3) is 8.31. The number of thioether (sulfide) groups is 1. The van der Waals surface area contributed by atoms with Gasteiger partial charge in [0.2, 0.25) is 11.8 Å². The summed E-state index contributed by atoms with van der Waals surface area (Å²) in [7, 11) is 0. The predicted octanol–water partition coefficient (Wildman–Crippen LogP) is 1.66. The molecule has 1 saturated heterocycles. The highest BCUT2D eigenvalue weighted by Crippen LogP contribution is 2.06. The molecule has 0 aliphatic carbocycles. The van der Waals surface area contributed by atoms with Crippen molar-refractivity contribution in [2.24, 2.45) is 0 Å². The summed E-state index contributed by atoms with van der Waals surface area (Å²) < 4.78 is 5.21. The molecule has 5 nitrogen and oxygen atoms in total. The Labute approximate surface area is 132 Å². The average molecular weight is 316 g/mol. The third-order valence-electron chi connectivity index (χ3n) is 3.47. The van der Waals surface area contributed by atoms with Crippen LogP contribution in [0.2, 0.25) is 0 Å². The van der Waals surface area contributed by atoms with Crippen molar-refractivity contribution in [1.82, 2.24) is 10.2 Å². The van der Waals surface area contributed by atoms with Gasteiger partial charge in [0.15, 0.2) is 0 Å². The van der Waals surface area contributed by atoms with E-state index in [-0.39, 0.29) is 17.9 Å². The number of morpholine rings is 1. The van der Waals surface area contributed by atoms with Crippen molar-refractivity contribution in [3.63, 3.8) is 0 Å². The molecule has 0 saturated carbocycles. The van der Waals surface area contributed by atoms with Gasteiger partial charge in [-0.25, -0.2) is 0 Å². The maximum Gasteiger partial charge on any atom is 0.232 e. The van der Waals surface area contributed by atoms with Gasteiger partial charge < -0.3 is 15.0 Å². The van der Waals surface area contributed by atoms with Gasteiger partial charge in [0.25, 0.3) is 0 Å². The summed E-state index contributed by atoms with van der Waals surface area (Å²) in [5.74, 6) is 0.858. The summed E-state index contributed by atoms with van der Waals surface area (Å²) in [6.07, 6.45) is 4.58. The van der Waals surface area contributed by atoms with Crippen LogP contribution in [0.15, 0.2) is 0 Å². The quantitative estimate of drug-likeness (QED) is 0.657. The van der Waals surface area contributed by atoms with Gasteiger partial charge in [-0.2, -0.15) is 0 Å². The number of hydrogen-bond donors (Lipinski definition) is 1. The van der Waals surface area contributed by atoms with Gasteiger partial charge in [0.05, 0.1) is 24.7 Å². The molecule has 1 unspecified atom stereocenters. The van der Waals surface area contributed by atoms with Crippen LogP contribution in [0.25, 0.3) is 0 Å². The number of amides is 2. The highest BCUT2D eigenvalue weighted by Gasteiger charge is 2.17. The zero-order valence-corrected chi connectivity index (χ0v) is 14.0. The fraction of sp³-hybridized carbons (Fsp3) is 0.867. The highest BCUT2D eigenvalue weighted by atomic mass is 32.2. The summed E-state index contributed by atoms with van der Waals surface area (Å²) in [6.45, 7) is 6.78. The Morgan fingerprint density at radius 1 is 1.24 bits per heavy atom. The van der Waals surface area contributed by atoms with E-state index in [2.05, 4.69) is 12.2 Å². The van der Waals surface area contributed by atoms with Crippen molar-refractivity contribution in [3.8, 4) is 0 Å². The van der Waals surface area contributed by atoms with Crippen LogP contribution in [-0.2, 0) is 14.3 Å². The van der Waals surface area contributed by atoms with Crippen LogP contribution >= 0.6 is 11.8 Å². The summed E-state index contributed by atoms with van der Waals surface area (Å²) in [5.41, 5.74) is 0. The summed E-state index contributed by atoms with van der Waals surface area (Å²) in [4.78, 5) is 25.5. The Hall–Kier alpha value is -0.750. The molecule has 1 aliphatic rings. The second-order valence-corrected chi connectivity index (χ2v) is 6.44. The lowest BCUT2D eigenvalue weighted by molar-refractivity contribution is -0.132. The van der Waals surface area contributed by atoms with Crippen molar-refractivity contribution in [1.29, 1.82) is 0 Å². The van der Waals surface area contributed by atoms with Crippen LogP contribution in [0.4, 0.5) is 0 Å². The molecule has 21 heavy (non-hydrogen) atoms. The number of rotatable bonds is 9. The van der Waals surface area contributed by atoms with Gasteiger partial charge in [-0.15, -0.1) is 11.8 Å². The normalized spacial score (nSPS) is 16.6. The minimum absolute atomic E-state index is 0.0266. The molecule has 0 aromatic heterocycles. The predicted molar refractivity (Wildman–Crippen MR) is 86.5 cm³/mol. The molecular formula is C15H28N2O3S. The van der Waals surface area contributed by atoms with Gasteiger partial charge in [-0.3, -0.25) is 9.59 Å². The van der Waals surface area contributed by atoms with Gasteiger partial charge in [0.1, 0.15) is 0 Å². The van der Waals surface area contributed by atoms with Crippen LogP contribution in [0, 0.1) is 0 Å². The van der Waals surface area contributed by atoms with Crippen LogP contribution in [0.1, 0.15) is 39.5 Å². The van der Waals surface area contributed by atoms with E-state index in [0.29, 0.717) is 37.8 Å². The fourth-order valence-electron chi connectivity index (χ4n) is 2.22. The maximum atomic E-state index is 11.9. The molecule has 0 radical (unpaired) electrons. The molecule has 0 aromatic rings. The molecule has 1 rings (SSSR count). The Balaban J connectivity index is 2.08. The fourth-order valence-corrected chi connectivity index (χ4v) is 2.95. The first-order valence-corrected chi connectivity index (χ1v) is 9.01.